The van der Waals surface area contributed by atoms with E-state index in [1.807, 2.05) is 54.6 Å². The summed E-state index contributed by atoms with van der Waals surface area (Å²) in [6, 6.07) is 26.1. The van der Waals surface area contributed by atoms with Crippen LogP contribution >= 0.6 is 11.6 Å². The Labute approximate surface area is 200 Å². The van der Waals surface area contributed by atoms with Gasteiger partial charge in [0, 0.05) is 33.7 Å². The fourth-order valence-electron chi connectivity index (χ4n) is 6.03. The summed E-state index contributed by atoms with van der Waals surface area (Å²) in [5.74, 6) is -0.352. The van der Waals surface area contributed by atoms with E-state index in [0.29, 0.717) is 15.9 Å². The second-order valence-corrected chi connectivity index (χ2v) is 10.2. The molecule has 2 saturated carbocycles. The maximum Gasteiger partial charge on any atom is 0.308 e. The molecule has 0 radical (unpaired) electrons. The Morgan fingerprint density at radius 3 is 2.06 bits per heavy atom. The Balaban J connectivity index is 1.68. The number of halogens is 1. The molecule has 0 bridgehead atoms. The van der Waals surface area contributed by atoms with E-state index >= 15 is 0 Å². The van der Waals surface area contributed by atoms with E-state index in [9.17, 15) is 4.79 Å². The van der Waals surface area contributed by atoms with Gasteiger partial charge in [-0.25, -0.2) is 0 Å². The highest BCUT2D eigenvalue weighted by Gasteiger charge is 2.63. The van der Waals surface area contributed by atoms with E-state index in [4.69, 9.17) is 22.1 Å². The summed E-state index contributed by atoms with van der Waals surface area (Å²) >= 11 is 6.73. The summed E-state index contributed by atoms with van der Waals surface area (Å²) in [5.41, 5.74) is 9.13. The first kappa shape index (κ1) is 22.2. The van der Waals surface area contributed by atoms with Gasteiger partial charge in [0.05, 0.1) is 6.42 Å². The molecule has 170 valence electrons. The van der Waals surface area contributed by atoms with Crippen molar-refractivity contribution in [2.75, 3.05) is 6.54 Å². The largest absolute Gasteiger partial charge is 0.444 e. The lowest BCUT2D eigenvalue weighted by Crippen LogP contribution is -2.60. The molecule has 2 aliphatic rings. The predicted molar refractivity (Wildman–Crippen MR) is 132 cm³/mol. The number of fused-ring (bicyclic) bond motifs is 1. The van der Waals surface area contributed by atoms with Crippen LogP contribution in [0, 0.1) is 5.41 Å². The molecule has 3 aromatic rings. The molecule has 3 aromatic carbocycles. The van der Waals surface area contributed by atoms with Gasteiger partial charge in [-0.1, -0.05) is 91.3 Å². The smallest absolute Gasteiger partial charge is 0.308 e. The van der Waals surface area contributed by atoms with E-state index in [1.165, 1.54) is 31.2 Å². The Morgan fingerprint density at radius 1 is 0.909 bits per heavy atom. The third-order valence-corrected chi connectivity index (χ3v) is 8.58. The average Bonchev–Trinajstić information content (AvgIpc) is 2.84. The van der Waals surface area contributed by atoms with Crippen LogP contribution in [0.5, 0.6) is 0 Å². The van der Waals surface area contributed by atoms with E-state index in [0.717, 1.165) is 16.7 Å². The lowest BCUT2D eigenvalue weighted by atomic mass is 9.37. The van der Waals surface area contributed by atoms with Crippen molar-refractivity contribution in [3.05, 3.63) is 106 Å². The molecule has 2 N–H and O–H groups in total. The normalized spacial score (nSPS) is 25.2. The summed E-state index contributed by atoms with van der Waals surface area (Å²) in [6.07, 6.45) is 5.25. The highest BCUT2D eigenvalue weighted by atomic mass is 35.5. The molecule has 0 aromatic heterocycles. The first-order valence-electron chi connectivity index (χ1n) is 11.8. The highest BCUT2D eigenvalue weighted by molar-refractivity contribution is 6.31. The van der Waals surface area contributed by atoms with Gasteiger partial charge in [0.15, 0.2) is 5.60 Å². The summed E-state index contributed by atoms with van der Waals surface area (Å²) in [5, 5.41) is 0.551. The van der Waals surface area contributed by atoms with Gasteiger partial charge in [0.25, 0.3) is 0 Å². The van der Waals surface area contributed by atoms with Crippen LogP contribution in [-0.2, 0) is 20.5 Å². The van der Waals surface area contributed by atoms with Gasteiger partial charge in [-0.3, -0.25) is 4.79 Å². The first-order chi connectivity index (χ1) is 16.0. The molecule has 0 spiro atoms. The zero-order chi connectivity index (χ0) is 23.1. The van der Waals surface area contributed by atoms with Gasteiger partial charge < -0.3 is 10.5 Å². The molecule has 5 rings (SSSR count). The van der Waals surface area contributed by atoms with Crippen molar-refractivity contribution in [2.45, 2.75) is 50.0 Å². The zero-order valence-corrected chi connectivity index (χ0v) is 19.8. The zero-order valence-electron chi connectivity index (χ0n) is 19.0. The monoisotopic (exact) mass is 459 g/mol. The molecule has 0 saturated heterocycles. The fraction of sp³-hybridized carbons (Fsp3) is 0.345. The molecule has 33 heavy (non-hydrogen) atoms. The molecule has 0 heterocycles. The van der Waals surface area contributed by atoms with Gasteiger partial charge in [-0.15, -0.1) is 0 Å². The van der Waals surface area contributed by atoms with Crippen LogP contribution in [-0.4, -0.2) is 12.5 Å². The molecule has 2 aliphatic carbocycles. The Morgan fingerprint density at radius 2 is 1.52 bits per heavy atom. The number of hydrogen-bond donors (Lipinski definition) is 1. The van der Waals surface area contributed by atoms with Crippen LogP contribution in [0.2, 0.25) is 5.02 Å². The maximum absolute atomic E-state index is 12.9. The number of esters is 1. The minimum absolute atomic E-state index is 0.137. The Kier molecular flexibility index (Phi) is 5.58. The van der Waals surface area contributed by atoms with Crippen molar-refractivity contribution < 1.29 is 9.53 Å². The van der Waals surface area contributed by atoms with Crippen molar-refractivity contribution in [2.24, 2.45) is 11.1 Å². The van der Waals surface area contributed by atoms with Crippen LogP contribution < -0.4 is 5.73 Å². The number of nitrogens with two attached hydrogens (primary N) is 1. The summed E-state index contributed by atoms with van der Waals surface area (Å²) in [4.78, 5) is 12.9. The van der Waals surface area contributed by atoms with Gasteiger partial charge in [-0.05, 0) is 42.7 Å². The van der Waals surface area contributed by atoms with Gasteiger partial charge in [-0.2, -0.15) is 0 Å². The Hall–Kier alpha value is -2.62. The van der Waals surface area contributed by atoms with Crippen LogP contribution in [0.25, 0.3) is 0 Å². The topological polar surface area (TPSA) is 52.3 Å². The van der Waals surface area contributed by atoms with E-state index in [-0.39, 0.29) is 18.9 Å². The summed E-state index contributed by atoms with van der Waals surface area (Å²) < 4.78 is 6.33. The molecule has 0 aliphatic heterocycles. The molecule has 1 atom stereocenters. The minimum atomic E-state index is -1.16. The summed E-state index contributed by atoms with van der Waals surface area (Å²) in [7, 11) is 0. The van der Waals surface area contributed by atoms with E-state index in [1.54, 1.807) is 0 Å². The molecule has 4 heteroatoms. The molecule has 2 fully saturated rings. The number of ether oxygens (including phenoxy) is 1. The molecule has 3 nitrogen and oxygen atoms in total. The van der Waals surface area contributed by atoms with Crippen LogP contribution in [0.1, 0.15) is 61.3 Å². The van der Waals surface area contributed by atoms with Crippen molar-refractivity contribution in [3.8, 4) is 0 Å². The van der Waals surface area contributed by atoms with Crippen LogP contribution in [0.3, 0.4) is 0 Å². The third kappa shape index (κ3) is 3.33. The number of carbonyl (C=O) groups is 1. The number of benzene rings is 3. The standard InChI is InChI=1S/C29H30ClNO2/c1-27-16-18-28(27,19-17-27)21-11-13-23(14-12-21)29(33-26(32)15-20-31,22-7-3-2-4-8-22)24-9-5-6-10-25(24)30/h2-14H,15-20,31H2,1H3. The number of rotatable bonds is 7. The minimum Gasteiger partial charge on any atom is -0.444 e. The maximum atomic E-state index is 12.9. The first-order valence-corrected chi connectivity index (χ1v) is 12.2. The van der Waals surface area contributed by atoms with Crippen molar-refractivity contribution in [1.29, 1.82) is 0 Å². The van der Waals surface area contributed by atoms with Gasteiger partial charge >= 0.3 is 5.97 Å². The van der Waals surface area contributed by atoms with Crippen molar-refractivity contribution in [3.63, 3.8) is 0 Å². The average molecular weight is 460 g/mol. The second kappa shape index (κ2) is 8.30. The molecular formula is C29H30ClNO2. The van der Waals surface area contributed by atoms with Crippen LogP contribution in [0.15, 0.2) is 78.9 Å². The van der Waals surface area contributed by atoms with E-state index < -0.39 is 5.60 Å². The lowest BCUT2D eigenvalue weighted by molar-refractivity contribution is -0.153. The SMILES string of the molecule is CC12CCC1(c1ccc(C(OC(=O)CCN)(c3ccccc3)c3ccccc3Cl)cc1)CC2. The quantitative estimate of drug-likeness (QED) is 0.330. The predicted octanol–water partition coefficient (Wildman–Crippen LogP) is 6.36. The summed E-state index contributed by atoms with van der Waals surface area (Å²) in [6.45, 7) is 2.65. The number of hydrogen-bond acceptors (Lipinski definition) is 3. The van der Waals surface area contributed by atoms with Crippen molar-refractivity contribution >= 4 is 17.6 Å². The van der Waals surface area contributed by atoms with E-state index in [2.05, 4.69) is 31.2 Å². The fourth-order valence-corrected chi connectivity index (χ4v) is 6.30. The highest BCUT2D eigenvalue weighted by Crippen LogP contribution is 2.70. The van der Waals surface area contributed by atoms with Gasteiger partial charge in [0.1, 0.15) is 0 Å². The number of carbonyl (C=O) groups excluding carboxylic acids is 1. The molecular weight excluding hydrogens is 430 g/mol. The molecule has 1 unspecified atom stereocenters. The van der Waals surface area contributed by atoms with Gasteiger partial charge in [0.2, 0.25) is 0 Å². The van der Waals surface area contributed by atoms with Crippen LogP contribution in [0.4, 0.5) is 0 Å². The van der Waals surface area contributed by atoms with Crippen molar-refractivity contribution in [1.82, 2.24) is 0 Å². The Bertz CT molecular complexity index is 1150. The lowest BCUT2D eigenvalue weighted by Gasteiger charge is -2.67. The second-order valence-electron chi connectivity index (χ2n) is 9.76. The molecule has 0 amide bonds. The third-order valence-electron chi connectivity index (χ3n) is 8.26.